The average molecular weight is 148 g/mol. The van der Waals surface area contributed by atoms with Crippen molar-refractivity contribution >= 4 is 12.6 Å². The topological polar surface area (TPSA) is 9.23 Å². The molecule has 9 heavy (non-hydrogen) atoms. The third-order valence-corrected chi connectivity index (χ3v) is 2.24. The van der Waals surface area contributed by atoms with Crippen LogP contribution in [0.25, 0.3) is 0 Å². The number of methoxy groups -OCH3 is 1. The molecule has 0 rings (SSSR count). The van der Waals surface area contributed by atoms with Gasteiger partial charge in [0.15, 0.2) is 0 Å². The van der Waals surface area contributed by atoms with Crippen molar-refractivity contribution in [3.8, 4) is 0 Å². The minimum atomic E-state index is 0.491. The summed E-state index contributed by atoms with van der Waals surface area (Å²) in [5.74, 6) is 0.656. The number of hydrogen-bond donors (Lipinski definition) is 1. The average Bonchev–Trinajstić information content (AvgIpc) is 1.82. The van der Waals surface area contributed by atoms with Crippen LogP contribution in [0.4, 0.5) is 0 Å². The van der Waals surface area contributed by atoms with Crippen LogP contribution in [0.15, 0.2) is 0 Å². The van der Waals surface area contributed by atoms with Crippen molar-refractivity contribution in [3.05, 3.63) is 0 Å². The van der Waals surface area contributed by atoms with Gasteiger partial charge in [-0.3, -0.25) is 0 Å². The van der Waals surface area contributed by atoms with Crippen LogP contribution in [-0.2, 0) is 4.74 Å². The van der Waals surface area contributed by atoms with Crippen LogP contribution < -0.4 is 0 Å². The molecule has 0 aliphatic heterocycles. The van der Waals surface area contributed by atoms with Crippen LogP contribution in [0.3, 0.4) is 0 Å². The molecule has 0 saturated heterocycles. The van der Waals surface area contributed by atoms with Gasteiger partial charge in [-0.15, -0.1) is 0 Å². The molecule has 0 heterocycles. The lowest BCUT2D eigenvalue weighted by Gasteiger charge is -2.12. The monoisotopic (exact) mass is 148 g/mol. The molecular formula is C7H16OS. The van der Waals surface area contributed by atoms with Crippen LogP contribution >= 0.6 is 12.6 Å². The number of rotatable bonds is 4. The fraction of sp³-hybridized carbons (Fsp3) is 1.00. The van der Waals surface area contributed by atoms with Crippen molar-refractivity contribution in [1.82, 2.24) is 0 Å². The molecule has 1 nitrogen and oxygen atoms in total. The fourth-order valence-electron chi connectivity index (χ4n) is 0.572. The summed E-state index contributed by atoms with van der Waals surface area (Å²) in [6, 6.07) is 0. The molecule has 0 fully saturated rings. The van der Waals surface area contributed by atoms with Crippen LogP contribution in [0.1, 0.15) is 20.3 Å². The van der Waals surface area contributed by atoms with Crippen LogP contribution in [-0.4, -0.2) is 19.0 Å². The Morgan fingerprint density at radius 3 is 2.33 bits per heavy atom. The van der Waals surface area contributed by atoms with E-state index in [2.05, 4.69) is 26.5 Å². The first-order chi connectivity index (χ1) is 4.18. The van der Waals surface area contributed by atoms with E-state index in [1.54, 1.807) is 7.11 Å². The Hall–Kier alpha value is 0.310. The zero-order valence-corrected chi connectivity index (χ0v) is 7.32. The van der Waals surface area contributed by atoms with E-state index in [4.69, 9.17) is 4.74 Å². The van der Waals surface area contributed by atoms with E-state index >= 15 is 0 Å². The van der Waals surface area contributed by atoms with Gasteiger partial charge in [0.05, 0.1) is 0 Å². The Bertz CT molecular complexity index is 63.9. The normalized spacial score (nSPS) is 14.3. The quantitative estimate of drug-likeness (QED) is 0.600. The SMILES string of the molecule is COCC[C@H](S)C(C)C. The summed E-state index contributed by atoms with van der Waals surface area (Å²) in [7, 11) is 1.72. The Labute approximate surface area is 63.2 Å². The summed E-state index contributed by atoms with van der Waals surface area (Å²) in [6.45, 7) is 5.17. The summed E-state index contributed by atoms with van der Waals surface area (Å²) >= 11 is 4.38. The molecule has 0 aromatic carbocycles. The highest BCUT2D eigenvalue weighted by Gasteiger charge is 2.05. The van der Waals surface area contributed by atoms with E-state index in [1.165, 1.54) is 0 Å². The summed E-state index contributed by atoms with van der Waals surface area (Å²) in [5.41, 5.74) is 0. The molecule has 0 unspecified atom stereocenters. The van der Waals surface area contributed by atoms with Gasteiger partial charge in [-0.1, -0.05) is 13.8 Å². The second kappa shape index (κ2) is 5.12. The second-order valence-electron chi connectivity index (χ2n) is 2.59. The van der Waals surface area contributed by atoms with E-state index in [1.807, 2.05) is 0 Å². The first kappa shape index (κ1) is 9.31. The molecular weight excluding hydrogens is 132 g/mol. The maximum Gasteiger partial charge on any atom is 0.0472 e. The lowest BCUT2D eigenvalue weighted by molar-refractivity contribution is 0.191. The summed E-state index contributed by atoms with van der Waals surface area (Å²) in [4.78, 5) is 0. The zero-order chi connectivity index (χ0) is 7.28. The van der Waals surface area contributed by atoms with Crippen molar-refractivity contribution < 1.29 is 4.74 Å². The number of hydrogen-bond acceptors (Lipinski definition) is 2. The first-order valence-corrected chi connectivity index (χ1v) is 3.87. The van der Waals surface area contributed by atoms with E-state index < -0.39 is 0 Å². The molecule has 56 valence electrons. The standard InChI is InChI=1S/C7H16OS/c1-6(2)7(9)4-5-8-3/h6-7,9H,4-5H2,1-3H3/t7-/m0/s1. The second-order valence-corrected chi connectivity index (χ2v) is 3.26. The van der Waals surface area contributed by atoms with Gasteiger partial charge in [0, 0.05) is 19.0 Å². The Morgan fingerprint density at radius 2 is 2.00 bits per heavy atom. The number of thiol groups is 1. The predicted molar refractivity (Wildman–Crippen MR) is 44.1 cm³/mol. The van der Waals surface area contributed by atoms with E-state index in [0.717, 1.165) is 13.0 Å². The van der Waals surface area contributed by atoms with Gasteiger partial charge in [0.1, 0.15) is 0 Å². The Morgan fingerprint density at radius 1 is 1.44 bits per heavy atom. The van der Waals surface area contributed by atoms with Gasteiger partial charge in [-0.2, -0.15) is 12.6 Å². The summed E-state index contributed by atoms with van der Waals surface area (Å²) in [6.07, 6.45) is 1.05. The molecule has 0 spiro atoms. The van der Waals surface area contributed by atoms with Gasteiger partial charge in [-0.25, -0.2) is 0 Å². The Kier molecular flexibility index (Phi) is 5.30. The third kappa shape index (κ3) is 4.79. The lowest BCUT2D eigenvalue weighted by Crippen LogP contribution is -2.10. The molecule has 0 saturated carbocycles. The fourth-order valence-corrected chi connectivity index (χ4v) is 0.677. The molecule has 0 aliphatic carbocycles. The highest BCUT2D eigenvalue weighted by atomic mass is 32.1. The van der Waals surface area contributed by atoms with Crippen molar-refractivity contribution in [3.63, 3.8) is 0 Å². The van der Waals surface area contributed by atoms with Gasteiger partial charge in [-0.05, 0) is 12.3 Å². The maximum absolute atomic E-state index is 4.91. The van der Waals surface area contributed by atoms with E-state index in [0.29, 0.717) is 11.2 Å². The van der Waals surface area contributed by atoms with Crippen molar-refractivity contribution in [2.24, 2.45) is 5.92 Å². The molecule has 2 heteroatoms. The van der Waals surface area contributed by atoms with Gasteiger partial charge < -0.3 is 4.74 Å². The van der Waals surface area contributed by atoms with Crippen LogP contribution in [0.5, 0.6) is 0 Å². The van der Waals surface area contributed by atoms with E-state index in [-0.39, 0.29) is 0 Å². The third-order valence-electron chi connectivity index (χ3n) is 1.39. The molecule has 1 atom stereocenters. The molecule has 0 amide bonds. The number of ether oxygens (including phenoxy) is 1. The zero-order valence-electron chi connectivity index (χ0n) is 6.42. The highest BCUT2D eigenvalue weighted by molar-refractivity contribution is 7.81. The minimum Gasteiger partial charge on any atom is -0.385 e. The van der Waals surface area contributed by atoms with Crippen LogP contribution in [0.2, 0.25) is 0 Å². The van der Waals surface area contributed by atoms with E-state index in [9.17, 15) is 0 Å². The van der Waals surface area contributed by atoms with Crippen LogP contribution in [0, 0.1) is 5.92 Å². The molecule has 0 bridgehead atoms. The molecule has 0 aliphatic rings. The molecule has 0 aromatic heterocycles. The summed E-state index contributed by atoms with van der Waals surface area (Å²) < 4.78 is 4.91. The first-order valence-electron chi connectivity index (χ1n) is 3.35. The van der Waals surface area contributed by atoms with Crippen molar-refractivity contribution in [1.29, 1.82) is 0 Å². The Balaban J connectivity index is 3.16. The smallest absolute Gasteiger partial charge is 0.0472 e. The van der Waals surface area contributed by atoms with Gasteiger partial charge in [0.25, 0.3) is 0 Å². The molecule has 0 radical (unpaired) electrons. The van der Waals surface area contributed by atoms with Gasteiger partial charge >= 0.3 is 0 Å². The van der Waals surface area contributed by atoms with Gasteiger partial charge in [0.2, 0.25) is 0 Å². The highest BCUT2D eigenvalue weighted by Crippen LogP contribution is 2.11. The van der Waals surface area contributed by atoms with Crippen molar-refractivity contribution in [2.45, 2.75) is 25.5 Å². The molecule has 0 N–H and O–H groups in total. The lowest BCUT2D eigenvalue weighted by atomic mass is 10.1. The minimum absolute atomic E-state index is 0.491. The summed E-state index contributed by atoms with van der Waals surface area (Å²) in [5, 5.41) is 0.491. The predicted octanol–water partition coefficient (Wildman–Crippen LogP) is 1.98. The molecule has 0 aromatic rings. The van der Waals surface area contributed by atoms with Crippen molar-refractivity contribution in [2.75, 3.05) is 13.7 Å². The largest absolute Gasteiger partial charge is 0.385 e. The maximum atomic E-state index is 4.91.